The minimum Gasteiger partial charge on any atom is -0.316 e. The highest BCUT2D eigenvalue weighted by molar-refractivity contribution is 5.83. The van der Waals surface area contributed by atoms with Gasteiger partial charge in [0.1, 0.15) is 13.1 Å². The molecule has 0 bridgehead atoms. The van der Waals surface area contributed by atoms with Crippen LogP contribution in [-0.2, 0) is 4.79 Å². The van der Waals surface area contributed by atoms with Crippen molar-refractivity contribution in [2.75, 3.05) is 26.2 Å². The van der Waals surface area contributed by atoms with Crippen LogP contribution in [0.2, 0.25) is 0 Å². The molecule has 1 aliphatic rings. The molecule has 5 nitrogen and oxygen atoms in total. The molecule has 0 radical (unpaired) electrons. The standard InChI is InChI=1S/C13H20N4O/c1-2-4-13(5-3-8-16-11-13)12(18)17(9-6-14)10-7-15/h16H,2-5,8-11H2,1H3. The molecule has 0 aromatic carbocycles. The van der Waals surface area contributed by atoms with Gasteiger partial charge in [0.2, 0.25) is 5.91 Å². The lowest BCUT2D eigenvalue weighted by Gasteiger charge is -2.39. The van der Waals surface area contributed by atoms with Crippen molar-refractivity contribution in [2.45, 2.75) is 32.6 Å². The van der Waals surface area contributed by atoms with Gasteiger partial charge in [-0.25, -0.2) is 0 Å². The van der Waals surface area contributed by atoms with Gasteiger partial charge >= 0.3 is 0 Å². The van der Waals surface area contributed by atoms with Crippen LogP contribution in [0.3, 0.4) is 0 Å². The maximum absolute atomic E-state index is 12.6. The maximum Gasteiger partial charge on any atom is 0.231 e. The number of nitrogens with zero attached hydrogens (tertiary/aromatic N) is 3. The lowest BCUT2D eigenvalue weighted by atomic mass is 9.75. The van der Waals surface area contributed by atoms with Crippen LogP contribution >= 0.6 is 0 Å². The molecule has 1 aliphatic heterocycles. The van der Waals surface area contributed by atoms with Crippen molar-refractivity contribution in [2.24, 2.45) is 5.41 Å². The molecule has 1 N–H and O–H groups in total. The fourth-order valence-electron chi connectivity index (χ4n) is 2.65. The zero-order valence-electron chi connectivity index (χ0n) is 10.9. The van der Waals surface area contributed by atoms with Gasteiger partial charge in [0.15, 0.2) is 0 Å². The van der Waals surface area contributed by atoms with E-state index in [4.69, 9.17) is 10.5 Å². The Kier molecular flexibility index (Phi) is 5.61. The number of nitriles is 2. The molecule has 0 saturated carbocycles. The summed E-state index contributed by atoms with van der Waals surface area (Å²) in [5, 5.41) is 20.8. The minimum atomic E-state index is -0.416. The smallest absolute Gasteiger partial charge is 0.231 e. The van der Waals surface area contributed by atoms with Crippen LogP contribution in [0, 0.1) is 28.1 Å². The van der Waals surface area contributed by atoms with Crippen LogP contribution in [-0.4, -0.2) is 37.0 Å². The largest absolute Gasteiger partial charge is 0.316 e. The fourth-order valence-corrected chi connectivity index (χ4v) is 2.65. The molecule has 1 rings (SSSR count). The molecule has 1 heterocycles. The molecule has 1 atom stereocenters. The van der Waals surface area contributed by atoms with E-state index in [1.807, 2.05) is 12.1 Å². The van der Waals surface area contributed by atoms with E-state index in [0.29, 0.717) is 6.54 Å². The Morgan fingerprint density at radius 1 is 1.39 bits per heavy atom. The second kappa shape index (κ2) is 6.98. The van der Waals surface area contributed by atoms with E-state index in [-0.39, 0.29) is 19.0 Å². The third-order valence-electron chi connectivity index (χ3n) is 3.46. The molecule has 0 aliphatic carbocycles. The van der Waals surface area contributed by atoms with Crippen LogP contribution in [0.1, 0.15) is 32.6 Å². The van der Waals surface area contributed by atoms with Crippen molar-refractivity contribution < 1.29 is 4.79 Å². The van der Waals surface area contributed by atoms with Gasteiger partial charge in [-0.15, -0.1) is 0 Å². The highest BCUT2D eigenvalue weighted by Gasteiger charge is 2.41. The van der Waals surface area contributed by atoms with Crippen LogP contribution in [0.5, 0.6) is 0 Å². The normalized spacial score (nSPS) is 22.8. The van der Waals surface area contributed by atoms with Crippen molar-refractivity contribution in [3.63, 3.8) is 0 Å². The molecule has 0 aromatic rings. The highest BCUT2D eigenvalue weighted by atomic mass is 16.2. The Bertz CT molecular complexity index is 339. The van der Waals surface area contributed by atoms with Crippen molar-refractivity contribution >= 4 is 5.91 Å². The number of rotatable bonds is 5. The Morgan fingerprint density at radius 2 is 2.06 bits per heavy atom. The summed E-state index contributed by atoms with van der Waals surface area (Å²) >= 11 is 0. The summed E-state index contributed by atoms with van der Waals surface area (Å²) in [7, 11) is 0. The van der Waals surface area contributed by atoms with Gasteiger partial charge in [-0.1, -0.05) is 13.3 Å². The molecule has 1 saturated heterocycles. The average Bonchev–Trinajstić information content (AvgIpc) is 2.39. The third-order valence-corrected chi connectivity index (χ3v) is 3.46. The minimum absolute atomic E-state index is 0.00213. The van der Waals surface area contributed by atoms with Crippen LogP contribution in [0.15, 0.2) is 0 Å². The van der Waals surface area contributed by atoms with Gasteiger partial charge in [0.25, 0.3) is 0 Å². The van der Waals surface area contributed by atoms with Gasteiger partial charge in [-0.2, -0.15) is 10.5 Å². The summed E-state index contributed by atoms with van der Waals surface area (Å²) in [6, 6.07) is 3.93. The molecular formula is C13H20N4O. The second-order valence-electron chi connectivity index (χ2n) is 4.79. The zero-order chi connectivity index (χ0) is 13.4. The lowest BCUT2D eigenvalue weighted by Crippen LogP contribution is -2.52. The Balaban J connectivity index is 2.86. The van der Waals surface area contributed by atoms with Gasteiger partial charge in [0, 0.05) is 6.54 Å². The number of nitrogens with one attached hydrogen (secondary N) is 1. The first-order chi connectivity index (χ1) is 8.70. The van der Waals surface area contributed by atoms with Crippen LogP contribution < -0.4 is 5.32 Å². The number of carbonyl (C=O) groups is 1. The molecule has 0 aromatic heterocycles. The van der Waals surface area contributed by atoms with E-state index in [0.717, 1.165) is 32.2 Å². The molecular weight excluding hydrogens is 228 g/mol. The number of hydrogen-bond acceptors (Lipinski definition) is 4. The average molecular weight is 248 g/mol. The van der Waals surface area contributed by atoms with Gasteiger partial charge in [-0.3, -0.25) is 4.79 Å². The summed E-state index contributed by atoms with van der Waals surface area (Å²) in [5.74, 6) is -0.0420. The monoisotopic (exact) mass is 248 g/mol. The van der Waals surface area contributed by atoms with E-state index in [2.05, 4.69) is 12.2 Å². The van der Waals surface area contributed by atoms with E-state index >= 15 is 0 Å². The number of amides is 1. The predicted molar refractivity (Wildman–Crippen MR) is 67.3 cm³/mol. The molecule has 98 valence electrons. The Labute approximate surface area is 108 Å². The van der Waals surface area contributed by atoms with Crippen LogP contribution in [0.4, 0.5) is 0 Å². The first-order valence-electron chi connectivity index (χ1n) is 6.44. The van der Waals surface area contributed by atoms with Gasteiger partial charge in [-0.05, 0) is 25.8 Å². The summed E-state index contributed by atoms with van der Waals surface area (Å²) in [5.41, 5.74) is -0.416. The van der Waals surface area contributed by atoms with E-state index in [1.54, 1.807) is 0 Å². The number of piperidine rings is 1. The number of hydrogen-bond donors (Lipinski definition) is 1. The lowest BCUT2D eigenvalue weighted by molar-refractivity contribution is -0.142. The van der Waals surface area contributed by atoms with Gasteiger partial charge in [0.05, 0.1) is 17.6 Å². The van der Waals surface area contributed by atoms with Crippen molar-refractivity contribution in [1.82, 2.24) is 10.2 Å². The fraction of sp³-hybridized carbons (Fsp3) is 0.769. The Hall–Kier alpha value is -1.59. The van der Waals surface area contributed by atoms with Gasteiger partial charge < -0.3 is 10.2 Å². The summed E-state index contributed by atoms with van der Waals surface area (Å²) in [6.45, 7) is 3.65. The first-order valence-corrected chi connectivity index (χ1v) is 6.44. The van der Waals surface area contributed by atoms with E-state index in [1.165, 1.54) is 4.90 Å². The summed E-state index contributed by atoms with van der Waals surface area (Å²) in [4.78, 5) is 14.0. The molecule has 0 spiro atoms. The second-order valence-corrected chi connectivity index (χ2v) is 4.79. The summed E-state index contributed by atoms with van der Waals surface area (Å²) < 4.78 is 0. The predicted octanol–water partition coefficient (Wildman–Crippen LogP) is 1.03. The molecule has 5 heteroatoms. The van der Waals surface area contributed by atoms with Crippen LogP contribution in [0.25, 0.3) is 0 Å². The molecule has 1 amide bonds. The summed E-state index contributed by atoms with van der Waals surface area (Å²) in [6.07, 6.45) is 3.56. The SMILES string of the molecule is CCCC1(C(=O)N(CC#N)CC#N)CCCNC1. The topological polar surface area (TPSA) is 79.9 Å². The molecule has 1 fully saturated rings. The van der Waals surface area contributed by atoms with Crippen molar-refractivity contribution in [3.8, 4) is 12.1 Å². The number of carbonyl (C=O) groups excluding carboxylic acids is 1. The van der Waals surface area contributed by atoms with Crippen molar-refractivity contribution in [3.05, 3.63) is 0 Å². The van der Waals surface area contributed by atoms with E-state index < -0.39 is 5.41 Å². The third kappa shape index (κ3) is 3.21. The Morgan fingerprint density at radius 3 is 2.50 bits per heavy atom. The quantitative estimate of drug-likeness (QED) is 0.737. The van der Waals surface area contributed by atoms with Crippen molar-refractivity contribution in [1.29, 1.82) is 10.5 Å². The molecule has 1 unspecified atom stereocenters. The molecule has 18 heavy (non-hydrogen) atoms. The highest BCUT2D eigenvalue weighted by Crippen LogP contribution is 2.33. The first kappa shape index (κ1) is 14.5. The maximum atomic E-state index is 12.6. The zero-order valence-corrected chi connectivity index (χ0v) is 10.9. The van der Waals surface area contributed by atoms with E-state index in [9.17, 15) is 4.79 Å².